The standard InChI is InChI=1S/C14H7Cl2/c15-13-6-5-11-7-9-3-1-2-4-10(9)8-12(11)14(13)16/h1-2,4-8H. The van der Waals surface area contributed by atoms with E-state index in [9.17, 15) is 0 Å². The monoisotopic (exact) mass is 245 g/mol. The SMILES string of the molecule is Clc1ccc2cc3[c]cccc3cc2c1Cl. The largest absolute Gasteiger partial charge is 0.0827 e. The van der Waals surface area contributed by atoms with Gasteiger partial charge in [-0.25, -0.2) is 0 Å². The molecule has 0 atom stereocenters. The molecule has 3 rings (SSSR count). The van der Waals surface area contributed by atoms with Gasteiger partial charge in [-0.2, -0.15) is 0 Å². The lowest BCUT2D eigenvalue weighted by Gasteiger charge is -2.04. The molecule has 0 spiro atoms. The van der Waals surface area contributed by atoms with E-state index in [1.807, 2.05) is 30.3 Å². The van der Waals surface area contributed by atoms with Crippen molar-refractivity contribution >= 4 is 44.7 Å². The van der Waals surface area contributed by atoms with Gasteiger partial charge < -0.3 is 0 Å². The van der Waals surface area contributed by atoms with Gasteiger partial charge in [0.15, 0.2) is 0 Å². The molecule has 3 aromatic rings. The Kier molecular flexibility index (Phi) is 2.27. The number of benzene rings is 3. The molecule has 0 nitrogen and oxygen atoms in total. The molecule has 0 bridgehead atoms. The summed E-state index contributed by atoms with van der Waals surface area (Å²) in [6.45, 7) is 0. The second kappa shape index (κ2) is 3.65. The number of halogens is 2. The van der Waals surface area contributed by atoms with Crippen molar-refractivity contribution in [2.45, 2.75) is 0 Å². The Morgan fingerprint density at radius 3 is 2.69 bits per heavy atom. The van der Waals surface area contributed by atoms with E-state index in [0.717, 1.165) is 21.5 Å². The Morgan fingerprint density at radius 1 is 0.938 bits per heavy atom. The molecule has 0 aliphatic heterocycles. The van der Waals surface area contributed by atoms with Gasteiger partial charge in [-0.3, -0.25) is 0 Å². The van der Waals surface area contributed by atoms with Crippen molar-refractivity contribution in [1.82, 2.24) is 0 Å². The second-order valence-corrected chi connectivity index (χ2v) is 4.48. The molecule has 3 aromatic carbocycles. The molecular formula is C14H7Cl2. The maximum absolute atomic E-state index is 6.18. The van der Waals surface area contributed by atoms with Crippen LogP contribution in [0.25, 0.3) is 21.5 Å². The summed E-state index contributed by atoms with van der Waals surface area (Å²) in [5.74, 6) is 0. The number of fused-ring (bicyclic) bond motifs is 2. The Labute approximate surface area is 103 Å². The third kappa shape index (κ3) is 1.46. The van der Waals surface area contributed by atoms with Crippen molar-refractivity contribution in [3.63, 3.8) is 0 Å². The first kappa shape index (κ1) is 9.95. The average Bonchev–Trinajstić information content (AvgIpc) is 2.32. The van der Waals surface area contributed by atoms with Crippen LogP contribution in [0.3, 0.4) is 0 Å². The van der Waals surface area contributed by atoms with E-state index < -0.39 is 0 Å². The van der Waals surface area contributed by atoms with Gasteiger partial charge in [0, 0.05) is 5.39 Å². The van der Waals surface area contributed by atoms with Gasteiger partial charge in [-0.15, -0.1) is 0 Å². The lowest BCUT2D eigenvalue weighted by molar-refractivity contribution is 1.75. The minimum atomic E-state index is 0.591. The van der Waals surface area contributed by atoms with Crippen LogP contribution in [0.15, 0.2) is 42.5 Å². The summed E-state index contributed by atoms with van der Waals surface area (Å²) < 4.78 is 0. The highest BCUT2D eigenvalue weighted by Gasteiger charge is 2.04. The van der Waals surface area contributed by atoms with Crippen LogP contribution in [-0.2, 0) is 0 Å². The Bertz CT molecular complexity index is 687. The maximum atomic E-state index is 6.18. The molecule has 0 heterocycles. The highest BCUT2D eigenvalue weighted by atomic mass is 35.5. The van der Waals surface area contributed by atoms with Crippen LogP contribution in [0.1, 0.15) is 0 Å². The summed E-state index contributed by atoms with van der Waals surface area (Å²) in [5, 5.41) is 5.50. The van der Waals surface area contributed by atoms with E-state index >= 15 is 0 Å². The lowest BCUT2D eigenvalue weighted by atomic mass is 10.0. The van der Waals surface area contributed by atoms with E-state index in [4.69, 9.17) is 23.2 Å². The van der Waals surface area contributed by atoms with E-state index in [0.29, 0.717) is 10.0 Å². The van der Waals surface area contributed by atoms with Crippen LogP contribution < -0.4 is 0 Å². The molecule has 0 amide bonds. The first-order valence-corrected chi connectivity index (χ1v) is 5.69. The third-order valence-electron chi connectivity index (χ3n) is 2.69. The van der Waals surface area contributed by atoms with Crippen LogP contribution in [0, 0.1) is 6.07 Å². The van der Waals surface area contributed by atoms with Gasteiger partial charge in [-0.1, -0.05) is 47.5 Å². The number of hydrogen-bond acceptors (Lipinski definition) is 0. The molecule has 0 N–H and O–H groups in total. The fraction of sp³-hybridized carbons (Fsp3) is 0. The minimum absolute atomic E-state index is 0.591. The van der Waals surface area contributed by atoms with Crippen molar-refractivity contribution in [3.8, 4) is 0 Å². The molecule has 1 radical (unpaired) electrons. The predicted octanol–water partition coefficient (Wildman–Crippen LogP) is 5.10. The normalized spacial score (nSPS) is 11.1. The van der Waals surface area contributed by atoms with Crippen LogP contribution in [0.4, 0.5) is 0 Å². The summed E-state index contributed by atoms with van der Waals surface area (Å²) in [4.78, 5) is 0. The summed E-state index contributed by atoms with van der Waals surface area (Å²) >= 11 is 12.2. The third-order valence-corrected chi connectivity index (χ3v) is 3.51. The summed E-state index contributed by atoms with van der Waals surface area (Å²) in [6, 6.07) is 17.0. The number of hydrogen-bond donors (Lipinski definition) is 0. The highest BCUT2D eigenvalue weighted by Crippen LogP contribution is 2.33. The highest BCUT2D eigenvalue weighted by molar-refractivity contribution is 6.45. The van der Waals surface area contributed by atoms with E-state index in [2.05, 4.69) is 18.2 Å². The van der Waals surface area contributed by atoms with Crippen molar-refractivity contribution in [2.24, 2.45) is 0 Å². The zero-order valence-corrected chi connectivity index (χ0v) is 9.81. The van der Waals surface area contributed by atoms with Crippen LogP contribution in [0.5, 0.6) is 0 Å². The predicted molar refractivity (Wildman–Crippen MR) is 70.3 cm³/mol. The molecule has 0 fully saturated rings. The molecule has 0 aromatic heterocycles. The Balaban J connectivity index is 2.51. The topological polar surface area (TPSA) is 0 Å². The van der Waals surface area contributed by atoms with Crippen LogP contribution in [-0.4, -0.2) is 0 Å². The van der Waals surface area contributed by atoms with E-state index in [-0.39, 0.29) is 0 Å². The zero-order valence-electron chi connectivity index (χ0n) is 8.30. The number of rotatable bonds is 0. The van der Waals surface area contributed by atoms with E-state index in [1.165, 1.54) is 0 Å². The van der Waals surface area contributed by atoms with Gasteiger partial charge in [0.2, 0.25) is 0 Å². The first-order chi connectivity index (χ1) is 7.75. The van der Waals surface area contributed by atoms with Gasteiger partial charge in [0.25, 0.3) is 0 Å². The fourth-order valence-electron chi connectivity index (χ4n) is 1.88. The molecule has 77 valence electrons. The lowest BCUT2D eigenvalue weighted by Crippen LogP contribution is -1.78. The molecule has 0 unspecified atom stereocenters. The van der Waals surface area contributed by atoms with Gasteiger partial charge >= 0.3 is 0 Å². The summed E-state index contributed by atoms with van der Waals surface area (Å²) in [6.07, 6.45) is 0. The molecule has 0 aliphatic rings. The minimum Gasteiger partial charge on any atom is -0.0827 e. The Hall–Kier alpha value is -1.24. The molecule has 0 saturated heterocycles. The molecule has 2 heteroatoms. The molecule has 0 aliphatic carbocycles. The fourth-order valence-corrected chi connectivity index (χ4v) is 2.27. The average molecular weight is 246 g/mol. The van der Waals surface area contributed by atoms with Crippen molar-refractivity contribution in [2.75, 3.05) is 0 Å². The molecular weight excluding hydrogens is 239 g/mol. The maximum Gasteiger partial charge on any atom is 0.0670 e. The second-order valence-electron chi connectivity index (χ2n) is 3.69. The van der Waals surface area contributed by atoms with Crippen molar-refractivity contribution < 1.29 is 0 Å². The van der Waals surface area contributed by atoms with Crippen molar-refractivity contribution in [3.05, 3.63) is 58.6 Å². The van der Waals surface area contributed by atoms with Crippen LogP contribution >= 0.6 is 23.2 Å². The Morgan fingerprint density at radius 2 is 1.81 bits per heavy atom. The van der Waals surface area contributed by atoms with Gasteiger partial charge in [-0.05, 0) is 40.4 Å². The van der Waals surface area contributed by atoms with Gasteiger partial charge in [0.05, 0.1) is 10.0 Å². The first-order valence-electron chi connectivity index (χ1n) is 4.94. The quantitative estimate of drug-likeness (QED) is 0.484. The smallest absolute Gasteiger partial charge is 0.0670 e. The van der Waals surface area contributed by atoms with E-state index in [1.54, 1.807) is 0 Å². The van der Waals surface area contributed by atoms with Gasteiger partial charge in [0.1, 0.15) is 0 Å². The molecule has 0 saturated carbocycles. The van der Waals surface area contributed by atoms with Crippen LogP contribution in [0.2, 0.25) is 10.0 Å². The zero-order chi connectivity index (χ0) is 11.1. The molecule has 16 heavy (non-hydrogen) atoms. The van der Waals surface area contributed by atoms with Crippen molar-refractivity contribution in [1.29, 1.82) is 0 Å². The summed E-state index contributed by atoms with van der Waals surface area (Å²) in [7, 11) is 0. The summed E-state index contributed by atoms with van der Waals surface area (Å²) in [5.41, 5.74) is 0.